The lowest BCUT2D eigenvalue weighted by Crippen LogP contribution is -2.22. The minimum atomic E-state index is 0.302. The van der Waals surface area contributed by atoms with Crippen molar-refractivity contribution in [1.82, 2.24) is 0 Å². The zero-order chi connectivity index (χ0) is 8.32. The zero-order valence-electron chi connectivity index (χ0n) is 7.38. The molecule has 0 N–H and O–H groups in total. The summed E-state index contributed by atoms with van der Waals surface area (Å²) in [5.41, 5.74) is 0.302. The van der Waals surface area contributed by atoms with E-state index in [0.717, 1.165) is 6.42 Å². The Bertz CT molecular complexity index is 198. The first-order chi connectivity index (χ1) is 5.19. The standard InChI is InChI=1S/C11H16/c1-4-8-11(3)9-6-5-7-10(11)2/h4-7,9-10H,1,8H2,2-3H3. The summed E-state index contributed by atoms with van der Waals surface area (Å²) in [5, 5.41) is 0. The van der Waals surface area contributed by atoms with Gasteiger partial charge in [0.25, 0.3) is 0 Å². The second-order valence-corrected chi connectivity index (χ2v) is 3.53. The monoisotopic (exact) mass is 148 g/mol. The van der Waals surface area contributed by atoms with E-state index in [4.69, 9.17) is 0 Å². The maximum atomic E-state index is 3.78. The van der Waals surface area contributed by atoms with Gasteiger partial charge in [0.2, 0.25) is 0 Å². The summed E-state index contributed by atoms with van der Waals surface area (Å²) >= 11 is 0. The quantitative estimate of drug-likeness (QED) is 0.527. The van der Waals surface area contributed by atoms with E-state index >= 15 is 0 Å². The first kappa shape index (κ1) is 8.32. The van der Waals surface area contributed by atoms with Crippen molar-refractivity contribution in [1.29, 1.82) is 0 Å². The van der Waals surface area contributed by atoms with Crippen molar-refractivity contribution < 1.29 is 0 Å². The third kappa shape index (κ3) is 1.62. The van der Waals surface area contributed by atoms with E-state index < -0.39 is 0 Å². The molecule has 0 aromatic rings. The second-order valence-electron chi connectivity index (χ2n) is 3.53. The van der Waals surface area contributed by atoms with Gasteiger partial charge in [-0.2, -0.15) is 0 Å². The molecule has 0 heteroatoms. The van der Waals surface area contributed by atoms with Crippen LogP contribution >= 0.6 is 0 Å². The fourth-order valence-corrected chi connectivity index (χ4v) is 1.44. The molecule has 0 spiro atoms. The number of hydrogen-bond acceptors (Lipinski definition) is 0. The maximum absolute atomic E-state index is 3.78. The summed E-state index contributed by atoms with van der Waals surface area (Å²) in [6, 6.07) is 0. The molecular weight excluding hydrogens is 132 g/mol. The molecule has 0 fully saturated rings. The predicted octanol–water partition coefficient (Wildman–Crippen LogP) is 3.33. The smallest absolute Gasteiger partial charge is 0.00489 e. The van der Waals surface area contributed by atoms with E-state index in [1.165, 1.54) is 0 Å². The molecule has 0 nitrogen and oxygen atoms in total. The average molecular weight is 148 g/mol. The number of allylic oxidation sites excluding steroid dienone is 5. The highest BCUT2D eigenvalue weighted by atomic mass is 14.3. The molecule has 1 rings (SSSR count). The Morgan fingerprint density at radius 1 is 1.55 bits per heavy atom. The number of hydrogen-bond donors (Lipinski definition) is 0. The fraction of sp³-hybridized carbons (Fsp3) is 0.455. The van der Waals surface area contributed by atoms with Crippen LogP contribution in [0.1, 0.15) is 20.3 Å². The Hall–Kier alpha value is -0.780. The van der Waals surface area contributed by atoms with Gasteiger partial charge in [0.15, 0.2) is 0 Å². The molecule has 0 saturated heterocycles. The largest absolute Gasteiger partial charge is 0.103 e. The normalized spacial score (nSPS) is 35.6. The molecule has 0 aromatic carbocycles. The maximum Gasteiger partial charge on any atom is -0.00489 e. The molecule has 0 heterocycles. The molecule has 2 atom stereocenters. The highest BCUT2D eigenvalue weighted by Gasteiger charge is 2.26. The van der Waals surface area contributed by atoms with Gasteiger partial charge in [-0.05, 0) is 17.8 Å². The van der Waals surface area contributed by atoms with Crippen molar-refractivity contribution in [2.24, 2.45) is 11.3 Å². The molecule has 0 radical (unpaired) electrons. The third-order valence-corrected chi connectivity index (χ3v) is 2.61. The van der Waals surface area contributed by atoms with Crippen molar-refractivity contribution in [3.05, 3.63) is 37.0 Å². The Morgan fingerprint density at radius 3 is 2.82 bits per heavy atom. The molecule has 0 aromatic heterocycles. The van der Waals surface area contributed by atoms with E-state index in [0.29, 0.717) is 11.3 Å². The van der Waals surface area contributed by atoms with Crippen LogP contribution in [0.2, 0.25) is 0 Å². The highest BCUT2D eigenvalue weighted by molar-refractivity contribution is 5.19. The molecule has 2 unspecified atom stereocenters. The molecule has 11 heavy (non-hydrogen) atoms. The van der Waals surface area contributed by atoms with Crippen LogP contribution < -0.4 is 0 Å². The Labute approximate surface area is 69.3 Å². The van der Waals surface area contributed by atoms with Crippen LogP contribution in [-0.2, 0) is 0 Å². The van der Waals surface area contributed by atoms with Gasteiger partial charge in [-0.1, -0.05) is 44.2 Å². The van der Waals surface area contributed by atoms with E-state index in [9.17, 15) is 0 Å². The van der Waals surface area contributed by atoms with Crippen LogP contribution in [0.4, 0.5) is 0 Å². The van der Waals surface area contributed by atoms with Crippen molar-refractivity contribution in [3.8, 4) is 0 Å². The van der Waals surface area contributed by atoms with Gasteiger partial charge in [0.1, 0.15) is 0 Å². The molecule has 1 aliphatic rings. The van der Waals surface area contributed by atoms with Crippen LogP contribution in [0.15, 0.2) is 37.0 Å². The van der Waals surface area contributed by atoms with Crippen LogP contribution in [-0.4, -0.2) is 0 Å². The van der Waals surface area contributed by atoms with Gasteiger partial charge in [-0.25, -0.2) is 0 Å². The van der Waals surface area contributed by atoms with E-state index in [1.807, 2.05) is 6.08 Å². The lowest BCUT2D eigenvalue weighted by atomic mass is 9.73. The minimum absolute atomic E-state index is 0.302. The minimum Gasteiger partial charge on any atom is -0.103 e. The van der Waals surface area contributed by atoms with Gasteiger partial charge in [0, 0.05) is 0 Å². The second kappa shape index (κ2) is 3.08. The Kier molecular flexibility index (Phi) is 2.33. The molecular formula is C11H16. The highest BCUT2D eigenvalue weighted by Crippen LogP contribution is 2.36. The van der Waals surface area contributed by atoms with Crippen LogP contribution in [0.25, 0.3) is 0 Å². The van der Waals surface area contributed by atoms with Crippen LogP contribution in [0.3, 0.4) is 0 Å². The van der Waals surface area contributed by atoms with E-state index in [-0.39, 0.29) is 0 Å². The van der Waals surface area contributed by atoms with Crippen LogP contribution in [0.5, 0.6) is 0 Å². The first-order valence-corrected chi connectivity index (χ1v) is 4.16. The van der Waals surface area contributed by atoms with Gasteiger partial charge < -0.3 is 0 Å². The Morgan fingerprint density at radius 2 is 2.27 bits per heavy atom. The first-order valence-electron chi connectivity index (χ1n) is 4.16. The summed E-state index contributed by atoms with van der Waals surface area (Å²) in [4.78, 5) is 0. The summed E-state index contributed by atoms with van der Waals surface area (Å²) in [6.45, 7) is 8.31. The predicted molar refractivity (Wildman–Crippen MR) is 50.4 cm³/mol. The summed E-state index contributed by atoms with van der Waals surface area (Å²) < 4.78 is 0. The van der Waals surface area contributed by atoms with Gasteiger partial charge in [-0.15, -0.1) is 6.58 Å². The SMILES string of the molecule is C=CCC1(C)C=CC=CC1C. The zero-order valence-corrected chi connectivity index (χ0v) is 7.38. The van der Waals surface area contributed by atoms with Gasteiger partial charge in [-0.3, -0.25) is 0 Å². The lowest BCUT2D eigenvalue weighted by molar-refractivity contribution is 0.329. The van der Waals surface area contributed by atoms with Gasteiger partial charge >= 0.3 is 0 Å². The molecule has 60 valence electrons. The van der Waals surface area contributed by atoms with Gasteiger partial charge in [0.05, 0.1) is 0 Å². The average Bonchev–Trinajstić information content (AvgIpc) is 1.96. The summed E-state index contributed by atoms with van der Waals surface area (Å²) in [5.74, 6) is 0.630. The molecule has 0 bridgehead atoms. The van der Waals surface area contributed by atoms with E-state index in [1.54, 1.807) is 0 Å². The molecule has 0 saturated carbocycles. The summed E-state index contributed by atoms with van der Waals surface area (Å²) in [6.07, 6.45) is 11.8. The topological polar surface area (TPSA) is 0 Å². The summed E-state index contributed by atoms with van der Waals surface area (Å²) in [7, 11) is 0. The third-order valence-electron chi connectivity index (χ3n) is 2.61. The molecule has 1 aliphatic carbocycles. The molecule has 0 aliphatic heterocycles. The van der Waals surface area contributed by atoms with Crippen molar-refractivity contribution in [2.75, 3.05) is 0 Å². The molecule has 0 amide bonds. The van der Waals surface area contributed by atoms with Crippen molar-refractivity contribution in [3.63, 3.8) is 0 Å². The van der Waals surface area contributed by atoms with E-state index in [2.05, 4.69) is 44.7 Å². The number of rotatable bonds is 2. The fourth-order valence-electron chi connectivity index (χ4n) is 1.44. The van der Waals surface area contributed by atoms with Crippen molar-refractivity contribution in [2.45, 2.75) is 20.3 Å². The Balaban J connectivity index is 2.76. The van der Waals surface area contributed by atoms with Crippen molar-refractivity contribution >= 4 is 0 Å². The van der Waals surface area contributed by atoms with Crippen LogP contribution in [0, 0.1) is 11.3 Å². The lowest BCUT2D eigenvalue weighted by Gasteiger charge is -2.31.